The van der Waals surface area contributed by atoms with Gasteiger partial charge in [0, 0.05) is 23.2 Å². The van der Waals surface area contributed by atoms with Crippen LogP contribution in [-0.2, 0) is 10.4 Å². The summed E-state index contributed by atoms with van der Waals surface area (Å²) in [6.45, 7) is 4.51. The van der Waals surface area contributed by atoms with Crippen LogP contribution < -0.4 is 0 Å². The maximum atomic E-state index is 8.66. The number of hydrogen-bond acceptors (Lipinski definition) is 10. The van der Waals surface area contributed by atoms with Crippen LogP contribution in [0, 0.1) is 0 Å². The topological polar surface area (TPSA) is 202 Å². The third-order valence-electron chi connectivity index (χ3n) is 7.62. The van der Waals surface area contributed by atoms with Gasteiger partial charge in [0.1, 0.15) is 0 Å². The minimum atomic E-state index is -5.17. The second-order valence-corrected chi connectivity index (χ2v) is 13.2. The van der Waals surface area contributed by atoms with Gasteiger partial charge in [-0.3, -0.25) is 8.42 Å². The van der Waals surface area contributed by atoms with Gasteiger partial charge in [0.05, 0.1) is 9.95 Å². The first-order valence-electron chi connectivity index (χ1n) is 17.9. The molecule has 0 aliphatic carbocycles. The Kier molecular flexibility index (Phi) is 37.9. The highest BCUT2D eigenvalue weighted by Crippen LogP contribution is 2.14. The Morgan fingerprint density at radius 2 is 0.489 bits per heavy atom. The molecule has 0 aromatic carbocycles. The fourth-order valence-electron chi connectivity index (χ4n) is 5.04. The smallest absolute Gasteiger partial charge is 0.177 e. The van der Waals surface area contributed by atoms with E-state index in [-0.39, 0.29) is 13.1 Å². The lowest BCUT2D eigenvalue weighted by atomic mass is 10.0. The quantitative estimate of drug-likeness (QED) is 0.0140. The number of hydroxylamine groups is 6. The molecule has 0 amide bonds. The van der Waals surface area contributed by atoms with Crippen LogP contribution in [0.2, 0.25) is 0 Å². The van der Waals surface area contributed by atoms with E-state index >= 15 is 0 Å². The molecule has 0 unspecified atom stereocenters. The van der Waals surface area contributed by atoms with E-state index in [0.29, 0.717) is 12.8 Å². The van der Waals surface area contributed by atoms with Gasteiger partial charge in [0.2, 0.25) is 0 Å². The Bertz CT molecular complexity index is 622. The first-order valence-corrected chi connectivity index (χ1v) is 19.2. The highest BCUT2D eigenvalue weighted by Gasteiger charge is 2.17. The zero-order valence-electron chi connectivity index (χ0n) is 28.8. The molecule has 0 fully saturated rings. The zero-order chi connectivity index (χ0) is 34.7. The summed E-state index contributed by atoms with van der Waals surface area (Å²) in [5, 5.41) is 51.9. The second kappa shape index (κ2) is 34.9. The van der Waals surface area contributed by atoms with Crippen molar-refractivity contribution in [1.82, 2.24) is 0 Å². The molecule has 6 N–H and O–H groups in total. The van der Waals surface area contributed by atoms with Crippen molar-refractivity contribution in [3.8, 4) is 0 Å². The summed E-state index contributed by atoms with van der Waals surface area (Å²) in [4.78, 5) is -3.75. The van der Waals surface area contributed by atoms with Crippen LogP contribution in [0.15, 0.2) is 0 Å². The highest BCUT2D eigenvalue weighted by molar-refractivity contribution is 7.79. The molecule has 0 aromatic heterocycles. The maximum absolute atomic E-state index is 8.66. The Balaban J connectivity index is -0.000000680. The van der Waals surface area contributed by atoms with Gasteiger partial charge in [0.15, 0.2) is 13.1 Å². The van der Waals surface area contributed by atoms with Crippen LogP contribution in [0.25, 0.3) is 0 Å². The van der Waals surface area contributed by atoms with Crippen LogP contribution in [0.4, 0.5) is 0 Å². The van der Waals surface area contributed by atoms with Crippen molar-refractivity contribution in [3.05, 3.63) is 0 Å². The summed E-state index contributed by atoms with van der Waals surface area (Å²) in [6, 6.07) is 0. The molecule has 0 aliphatic heterocycles. The molecule has 13 heteroatoms. The van der Waals surface area contributed by atoms with Crippen LogP contribution in [0.5, 0.6) is 0 Å². The summed E-state index contributed by atoms with van der Waals surface area (Å²) >= 11 is 0. The standard InChI is InChI=1S/2C16H36NO3.H2O4S/c2*1-2-3-4-5-6-7-8-9-10-11-12-13-14-15-16-17(18,19)20;1-5(2,3)4/h2*18-20H,2-16H2,1H3;(H2,1,2,3,4)/q2*+1;/p-2. The lowest BCUT2D eigenvalue weighted by Gasteiger charge is -2.10. The van der Waals surface area contributed by atoms with Gasteiger partial charge >= 0.3 is 0 Å². The molecule has 0 saturated heterocycles. The lowest BCUT2D eigenvalue weighted by molar-refractivity contribution is -1.37. The summed E-state index contributed by atoms with van der Waals surface area (Å²) in [7, 11) is -5.17. The summed E-state index contributed by atoms with van der Waals surface area (Å²) < 4.78 is 34.1. The number of nitrogens with zero attached hydrogens (tertiary/aromatic N) is 2. The van der Waals surface area contributed by atoms with Crippen molar-refractivity contribution < 1.29 is 58.7 Å². The molecular formula is C32H72N2O10S. The fraction of sp³-hybridized carbons (Fsp3) is 1.00. The Labute approximate surface area is 275 Å². The summed E-state index contributed by atoms with van der Waals surface area (Å²) in [5.74, 6) is 0. The van der Waals surface area contributed by atoms with Gasteiger partial charge in [-0.25, -0.2) is 0 Å². The summed E-state index contributed by atoms with van der Waals surface area (Å²) in [6.07, 6.45) is 35.3. The molecule has 0 rings (SSSR count). The number of quaternary nitrogens is 2. The number of rotatable bonds is 30. The monoisotopic (exact) mass is 676 g/mol. The number of unbranched alkanes of at least 4 members (excludes halogenated alkanes) is 26. The van der Waals surface area contributed by atoms with Gasteiger partial charge < -0.3 is 9.11 Å². The van der Waals surface area contributed by atoms with Crippen molar-refractivity contribution in [2.45, 2.75) is 194 Å². The molecular weight excluding hydrogens is 604 g/mol. The van der Waals surface area contributed by atoms with E-state index in [1.54, 1.807) is 0 Å². The van der Waals surface area contributed by atoms with E-state index in [2.05, 4.69) is 13.8 Å². The van der Waals surface area contributed by atoms with E-state index in [0.717, 1.165) is 25.7 Å². The van der Waals surface area contributed by atoms with Crippen molar-refractivity contribution in [3.63, 3.8) is 0 Å². The maximum Gasteiger partial charge on any atom is 0.177 e. The van der Waals surface area contributed by atoms with Crippen molar-refractivity contribution in [1.29, 1.82) is 0 Å². The molecule has 0 spiro atoms. The van der Waals surface area contributed by atoms with E-state index in [4.69, 9.17) is 48.8 Å². The molecule has 45 heavy (non-hydrogen) atoms. The van der Waals surface area contributed by atoms with E-state index < -0.39 is 20.3 Å². The van der Waals surface area contributed by atoms with Crippen LogP contribution in [-0.4, -0.2) is 71.8 Å². The van der Waals surface area contributed by atoms with Gasteiger partial charge in [-0.1, -0.05) is 168 Å². The molecule has 0 bridgehead atoms. The third kappa shape index (κ3) is 66.8. The minimum Gasteiger partial charge on any atom is -0.759 e. The minimum absolute atomic E-state index is 0.00195. The normalized spacial score (nSPS) is 12.0. The molecule has 0 aromatic rings. The lowest BCUT2D eigenvalue weighted by Crippen LogP contribution is -2.37. The van der Waals surface area contributed by atoms with Gasteiger partial charge in [-0.05, 0) is 12.8 Å². The van der Waals surface area contributed by atoms with E-state index in [1.165, 1.54) is 141 Å². The highest BCUT2D eigenvalue weighted by atomic mass is 32.3. The van der Waals surface area contributed by atoms with Gasteiger partial charge in [-0.2, -0.15) is 0 Å². The first-order chi connectivity index (χ1) is 21.1. The van der Waals surface area contributed by atoms with Crippen LogP contribution >= 0.6 is 0 Å². The Morgan fingerprint density at radius 3 is 0.622 bits per heavy atom. The summed E-state index contributed by atoms with van der Waals surface area (Å²) in [5.41, 5.74) is 0. The van der Waals surface area contributed by atoms with Gasteiger partial charge in [0.25, 0.3) is 0 Å². The molecule has 0 aliphatic rings. The predicted octanol–water partition coefficient (Wildman–Crippen LogP) is 9.57. The molecule has 0 heterocycles. The average molecular weight is 677 g/mol. The van der Waals surface area contributed by atoms with Crippen LogP contribution in [0.3, 0.4) is 0 Å². The van der Waals surface area contributed by atoms with Crippen LogP contribution in [0.1, 0.15) is 194 Å². The van der Waals surface area contributed by atoms with Crippen molar-refractivity contribution >= 4 is 10.4 Å². The molecule has 12 nitrogen and oxygen atoms in total. The van der Waals surface area contributed by atoms with E-state index in [1.807, 2.05) is 0 Å². The Hall–Kier alpha value is -0.450. The Morgan fingerprint density at radius 1 is 0.356 bits per heavy atom. The number of hydrogen-bond donors (Lipinski definition) is 6. The predicted molar refractivity (Wildman–Crippen MR) is 172 cm³/mol. The SMILES string of the molecule is CCCCCCCCCCCCCCCC[N+](O)(O)O.CCCCCCCCCCCCCCCC[N+](O)(O)O.O=S(=O)([O-])[O-]. The van der Waals surface area contributed by atoms with Gasteiger partial charge in [-0.15, -0.1) is 31.2 Å². The molecule has 0 atom stereocenters. The largest absolute Gasteiger partial charge is 0.759 e. The van der Waals surface area contributed by atoms with Crippen molar-refractivity contribution in [2.24, 2.45) is 0 Å². The van der Waals surface area contributed by atoms with E-state index in [9.17, 15) is 0 Å². The third-order valence-corrected chi connectivity index (χ3v) is 7.62. The fourth-order valence-corrected chi connectivity index (χ4v) is 5.04. The molecule has 0 radical (unpaired) electrons. The zero-order valence-corrected chi connectivity index (χ0v) is 29.6. The molecule has 0 saturated carbocycles. The molecule has 276 valence electrons. The second-order valence-electron chi connectivity index (χ2n) is 12.4. The van der Waals surface area contributed by atoms with Crippen molar-refractivity contribution in [2.75, 3.05) is 13.1 Å². The average Bonchev–Trinajstić information content (AvgIpc) is 2.92. The first kappa shape index (κ1) is 48.9.